The Balaban J connectivity index is 3.09. The summed E-state index contributed by atoms with van der Waals surface area (Å²) in [7, 11) is 0. The SMILES string of the molecule is CC(=O)C(=Cc1ccc(C#N)o1)C(C)=O. The third-order valence-corrected chi connectivity index (χ3v) is 1.78. The number of allylic oxidation sites excluding steroid dienone is 1. The van der Waals surface area contributed by atoms with Crippen LogP contribution in [-0.2, 0) is 9.59 Å². The van der Waals surface area contributed by atoms with Crippen molar-refractivity contribution in [3.63, 3.8) is 0 Å². The molecule has 0 amide bonds. The van der Waals surface area contributed by atoms with Crippen molar-refractivity contribution < 1.29 is 14.0 Å². The second-order valence-electron chi connectivity index (χ2n) is 2.98. The molecule has 0 unspecified atom stereocenters. The van der Waals surface area contributed by atoms with Gasteiger partial charge in [0.15, 0.2) is 11.6 Å². The van der Waals surface area contributed by atoms with E-state index in [1.165, 1.54) is 32.1 Å². The molecular weight excluding hydrogens is 194 g/mol. The molecule has 0 bridgehead atoms. The Kier molecular flexibility index (Phi) is 3.19. The van der Waals surface area contributed by atoms with Crippen LogP contribution >= 0.6 is 0 Å². The lowest BCUT2D eigenvalue weighted by Crippen LogP contribution is -2.05. The fourth-order valence-electron chi connectivity index (χ4n) is 1.08. The van der Waals surface area contributed by atoms with Gasteiger partial charge in [0.1, 0.15) is 11.8 Å². The molecule has 1 rings (SSSR count). The number of nitrogens with zero attached hydrogens (tertiary/aromatic N) is 1. The van der Waals surface area contributed by atoms with E-state index in [2.05, 4.69) is 0 Å². The summed E-state index contributed by atoms with van der Waals surface area (Å²) >= 11 is 0. The van der Waals surface area contributed by atoms with Crippen LogP contribution in [0.1, 0.15) is 25.4 Å². The van der Waals surface area contributed by atoms with Gasteiger partial charge in [-0.15, -0.1) is 0 Å². The maximum absolute atomic E-state index is 11.1. The predicted molar refractivity (Wildman–Crippen MR) is 52.8 cm³/mol. The number of nitriles is 1. The largest absolute Gasteiger partial charge is 0.446 e. The van der Waals surface area contributed by atoms with E-state index in [4.69, 9.17) is 9.68 Å². The van der Waals surface area contributed by atoms with Crippen molar-refractivity contribution in [2.45, 2.75) is 13.8 Å². The minimum atomic E-state index is -0.322. The molecule has 0 aromatic carbocycles. The van der Waals surface area contributed by atoms with Gasteiger partial charge in [0, 0.05) is 0 Å². The van der Waals surface area contributed by atoms with E-state index in [0.29, 0.717) is 5.76 Å². The monoisotopic (exact) mass is 203 g/mol. The van der Waals surface area contributed by atoms with Gasteiger partial charge in [-0.1, -0.05) is 0 Å². The molecule has 0 saturated heterocycles. The van der Waals surface area contributed by atoms with Crippen LogP contribution in [-0.4, -0.2) is 11.6 Å². The van der Waals surface area contributed by atoms with Crippen LogP contribution in [0.25, 0.3) is 6.08 Å². The molecule has 1 aromatic heterocycles. The summed E-state index contributed by atoms with van der Waals surface area (Å²) in [6.07, 6.45) is 1.34. The van der Waals surface area contributed by atoms with Crippen molar-refractivity contribution in [3.05, 3.63) is 29.2 Å². The van der Waals surface area contributed by atoms with Crippen LogP contribution in [0.2, 0.25) is 0 Å². The van der Waals surface area contributed by atoms with Gasteiger partial charge < -0.3 is 4.42 Å². The zero-order valence-electron chi connectivity index (χ0n) is 8.40. The van der Waals surface area contributed by atoms with Gasteiger partial charge >= 0.3 is 0 Å². The maximum Gasteiger partial charge on any atom is 0.204 e. The highest BCUT2D eigenvalue weighted by molar-refractivity contribution is 6.21. The second kappa shape index (κ2) is 4.38. The van der Waals surface area contributed by atoms with E-state index in [0.717, 1.165) is 0 Å². The van der Waals surface area contributed by atoms with E-state index in [1.54, 1.807) is 0 Å². The summed E-state index contributed by atoms with van der Waals surface area (Å²) in [4.78, 5) is 22.1. The highest BCUT2D eigenvalue weighted by atomic mass is 16.3. The molecule has 0 aliphatic heterocycles. The van der Waals surface area contributed by atoms with Crippen LogP contribution in [0.4, 0.5) is 0 Å². The average molecular weight is 203 g/mol. The van der Waals surface area contributed by atoms with Gasteiger partial charge in [0.05, 0.1) is 5.57 Å². The number of hydrogen-bond donors (Lipinski definition) is 0. The molecule has 0 spiro atoms. The summed E-state index contributed by atoms with van der Waals surface area (Å²) in [6.45, 7) is 2.61. The summed E-state index contributed by atoms with van der Waals surface area (Å²) in [5.74, 6) is -0.172. The predicted octanol–water partition coefficient (Wildman–Crippen LogP) is 1.71. The summed E-state index contributed by atoms with van der Waals surface area (Å²) in [5.41, 5.74) is 0.0637. The molecular formula is C11H9NO3. The maximum atomic E-state index is 11.1. The Morgan fingerprint density at radius 3 is 2.33 bits per heavy atom. The van der Waals surface area contributed by atoms with E-state index in [9.17, 15) is 9.59 Å². The summed E-state index contributed by atoms with van der Waals surface area (Å²) in [6, 6.07) is 4.82. The molecule has 76 valence electrons. The molecule has 4 heteroatoms. The lowest BCUT2D eigenvalue weighted by molar-refractivity contribution is -0.119. The Morgan fingerprint density at radius 1 is 1.33 bits per heavy atom. The first-order chi connectivity index (χ1) is 7.04. The van der Waals surface area contributed by atoms with Crippen molar-refractivity contribution >= 4 is 17.6 Å². The molecule has 0 N–H and O–H groups in total. The number of rotatable bonds is 3. The lowest BCUT2D eigenvalue weighted by atomic mass is 10.1. The normalized spacial score (nSPS) is 9.13. The Bertz CT molecular complexity index is 458. The molecule has 1 heterocycles. The van der Waals surface area contributed by atoms with Crippen LogP contribution in [0.3, 0.4) is 0 Å². The van der Waals surface area contributed by atoms with Crippen molar-refractivity contribution in [1.29, 1.82) is 5.26 Å². The van der Waals surface area contributed by atoms with Crippen LogP contribution in [0, 0.1) is 11.3 Å². The topological polar surface area (TPSA) is 71.1 Å². The first-order valence-electron chi connectivity index (χ1n) is 4.28. The molecule has 1 aromatic rings. The Labute approximate surface area is 86.8 Å². The first-order valence-corrected chi connectivity index (χ1v) is 4.28. The molecule has 0 atom stereocenters. The average Bonchev–Trinajstić information content (AvgIpc) is 2.60. The van der Waals surface area contributed by atoms with E-state index < -0.39 is 0 Å². The number of carbonyl (C=O) groups is 2. The molecule has 4 nitrogen and oxygen atoms in total. The highest BCUT2D eigenvalue weighted by Gasteiger charge is 2.10. The molecule has 0 saturated carbocycles. The molecule has 0 fully saturated rings. The van der Waals surface area contributed by atoms with Crippen LogP contribution < -0.4 is 0 Å². The fraction of sp³-hybridized carbons (Fsp3) is 0.182. The number of Topliss-reactive ketones (excluding diaryl/α,β-unsaturated/α-hetero) is 2. The van der Waals surface area contributed by atoms with E-state index >= 15 is 0 Å². The van der Waals surface area contributed by atoms with Gasteiger partial charge in [-0.05, 0) is 32.1 Å². The first kappa shape index (κ1) is 10.9. The van der Waals surface area contributed by atoms with Gasteiger partial charge in [0.2, 0.25) is 5.76 Å². The number of ketones is 2. The quantitative estimate of drug-likeness (QED) is 0.426. The standard InChI is InChI=1S/C11H9NO3/c1-7(13)11(8(2)14)5-9-3-4-10(6-12)15-9/h3-5H,1-2H3. The van der Waals surface area contributed by atoms with Crippen molar-refractivity contribution in [2.24, 2.45) is 0 Å². The number of furan rings is 1. The van der Waals surface area contributed by atoms with Crippen molar-refractivity contribution in [1.82, 2.24) is 0 Å². The molecule has 15 heavy (non-hydrogen) atoms. The van der Waals surface area contributed by atoms with Gasteiger partial charge in [-0.3, -0.25) is 9.59 Å². The van der Waals surface area contributed by atoms with E-state index in [-0.39, 0.29) is 22.9 Å². The third-order valence-electron chi connectivity index (χ3n) is 1.78. The highest BCUT2D eigenvalue weighted by Crippen LogP contribution is 2.12. The van der Waals surface area contributed by atoms with Crippen LogP contribution in [0.5, 0.6) is 0 Å². The lowest BCUT2D eigenvalue weighted by Gasteiger charge is -1.95. The molecule has 0 aliphatic carbocycles. The Morgan fingerprint density at radius 2 is 1.93 bits per heavy atom. The fourth-order valence-corrected chi connectivity index (χ4v) is 1.08. The van der Waals surface area contributed by atoms with E-state index in [1.807, 2.05) is 6.07 Å². The summed E-state index contributed by atoms with van der Waals surface area (Å²) < 4.78 is 5.02. The zero-order chi connectivity index (χ0) is 11.4. The smallest absolute Gasteiger partial charge is 0.204 e. The number of hydrogen-bond acceptors (Lipinski definition) is 4. The van der Waals surface area contributed by atoms with Crippen molar-refractivity contribution in [2.75, 3.05) is 0 Å². The minimum absolute atomic E-state index is 0.0637. The van der Waals surface area contributed by atoms with Crippen molar-refractivity contribution in [3.8, 4) is 6.07 Å². The zero-order valence-corrected chi connectivity index (χ0v) is 8.40. The van der Waals surface area contributed by atoms with Gasteiger partial charge in [-0.25, -0.2) is 0 Å². The Hall–Kier alpha value is -2.15. The third kappa shape index (κ3) is 2.64. The second-order valence-corrected chi connectivity index (χ2v) is 2.98. The van der Waals surface area contributed by atoms with Gasteiger partial charge in [0.25, 0.3) is 0 Å². The van der Waals surface area contributed by atoms with Crippen LogP contribution in [0.15, 0.2) is 22.1 Å². The minimum Gasteiger partial charge on any atom is -0.446 e. The van der Waals surface area contributed by atoms with Gasteiger partial charge in [-0.2, -0.15) is 5.26 Å². The number of carbonyl (C=O) groups excluding carboxylic acids is 2. The molecule has 0 aliphatic rings. The summed E-state index contributed by atoms with van der Waals surface area (Å²) in [5, 5.41) is 8.51. The molecule has 0 radical (unpaired) electrons.